The van der Waals surface area contributed by atoms with Crippen LogP contribution in [0.25, 0.3) is 76.7 Å². The molecule has 1 aromatic heterocycles. The van der Waals surface area contributed by atoms with E-state index >= 15 is 0 Å². The topological polar surface area (TPSA) is 19.6 Å². The van der Waals surface area contributed by atoms with Crippen LogP contribution in [-0.2, 0) is 5.41 Å². The highest BCUT2D eigenvalue weighted by Gasteiger charge is 2.49. The zero-order valence-electron chi connectivity index (χ0n) is 36.0. The Balaban J connectivity index is 1.19. The maximum absolute atomic E-state index is 7.47. The van der Waals surface area contributed by atoms with Gasteiger partial charge in [-0.15, -0.1) is 0 Å². The highest BCUT2D eigenvalue weighted by Crippen LogP contribution is 2.53. The zero-order chi connectivity index (χ0) is 42.7. The van der Waals surface area contributed by atoms with E-state index in [9.17, 15) is 0 Å². The molecule has 11 aromatic rings. The number of fused-ring (bicyclic) bond motifs is 10. The normalized spacial score (nSPS) is 13.1. The first-order valence-electron chi connectivity index (χ1n) is 22.4. The van der Waals surface area contributed by atoms with Crippen LogP contribution >= 0.6 is 0 Å². The first-order chi connectivity index (χ1) is 31.4. The fraction of sp³-hybridized carbons (Fsp3) is 0.0667. The molecule has 0 fully saturated rings. The van der Waals surface area contributed by atoms with E-state index in [0.29, 0.717) is 0 Å². The molecule has 64 heavy (non-hydrogen) atoms. The number of hydrogen-bond acceptors (Lipinski definition) is 3. The molecule has 0 N–H and O–H groups in total. The Morgan fingerprint density at radius 3 is 1.70 bits per heavy atom. The lowest BCUT2D eigenvalue weighted by Gasteiger charge is -2.45. The van der Waals surface area contributed by atoms with Crippen LogP contribution < -0.4 is 20.6 Å². The highest BCUT2D eigenvalue weighted by molar-refractivity contribution is 6.95. The van der Waals surface area contributed by atoms with Crippen molar-refractivity contribution in [3.8, 4) is 33.4 Å². The van der Waals surface area contributed by atoms with Crippen molar-refractivity contribution in [2.24, 2.45) is 0 Å². The van der Waals surface area contributed by atoms with E-state index in [-0.39, 0.29) is 12.3 Å². The largest absolute Gasteiger partial charge is 0.440 e. The average molecular weight is 819 g/mol. The quantitative estimate of drug-likeness (QED) is 0.165. The summed E-state index contributed by atoms with van der Waals surface area (Å²) in [6, 6.07) is 76.1. The van der Waals surface area contributed by atoms with Crippen LogP contribution in [0.1, 0.15) is 26.3 Å². The minimum Gasteiger partial charge on any atom is -0.440 e. The molecule has 302 valence electrons. The smallest absolute Gasteiger partial charge is 0.337 e. The fourth-order valence-corrected chi connectivity index (χ4v) is 10.6. The molecule has 0 unspecified atom stereocenters. The molecule has 0 saturated carbocycles. The Morgan fingerprint density at radius 2 is 1.00 bits per heavy atom. The molecular formula is C60H43BN2O. The van der Waals surface area contributed by atoms with Gasteiger partial charge < -0.3 is 9.23 Å². The molecule has 10 aromatic carbocycles. The van der Waals surface area contributed by atoms with Crippen molar-refractivity contribution in [1.29, 1.82) is 0 Å². The third kappa shape index (κ3) is 5.55. The lowest BCUT2D eigenvalue weighted by Crippen LogP contribution is -2.61. The molecular weight excluding hydrogens is 775 g/mol. The predicted octanol–water partition coefficient (Wildman–Crippen LogP) is 15.2. The van der Waals surface area contributed by atoms with Gasteiger partial charge in [0.1, 0.15) is 5.58 Å². The Bertz CT molecular complexity index is 3660. The maximum Gasteiger partial charge on any atom is 0.337 e. The fourth-order valence-electron chi connectivity index (χ4n) is 10.6. The van der Waals surface area contributed by atoms with Crippen LogP contribution in [-0.4, -0.2) is 6.85 Å². The van der Waals surface area contributed by atoms with Gasteiger partial charge >= 0.3 is 6.85 Å². The molecule has 3 nitrogen and oxygen atoms in total. The molecule has 0 atom stereocenters. The average Bonchev–Trinajstić information content (AvgIpc) is 3.70. The molecule has 0 aliphatic carbocycles. The number of rotatable bonds is 4. The van der Waals surface area contributed by atoms with Crippen molar-refractivity contribution in [1.82, 2.24) is 0 Å². The van der Waals surface area contributed by atoms with Crippen LogP contribution in [0.15, 0.2) is 211 Å². The maximum atomic E-state index is 7.47. The molecule has 0 bridgehead atoms. The number of nitrogens with zero attached hydrogens (tertiary/aromatic N) is 2. The van der Waals surface area contributed by atoms with E-state index in [4.69, 9.17) is 4.42 Å². The monoisotopic (exact) mass is 818 g/mol. The van der Waals surface area contributed by atoms with Crippen molar-refractivity contribution >= 4 is 89.7 Å². The molecule has 0 saturated heterocycles. The molecule has 2 aliphatic rings. The third-order valence-corrected chi connectivity index (χ3v) is 13.7. The van der Waals surface area contributed by atoms with E-state index in [2.05, 4.69) is 237 Å². The molecule has 3 heterocycles. The van der Waals surface area contributed by atoms with Crippen LogP contribution in [0, 0.1) is 0 Å². The number of furan rings is 1. The van der Waals surface area contributed by atoms with E-state index < -0.39 is 0 Å². The number of benzene rings is 10. The van der Waals surface area contributed by atoms with Crippen molar-refractivity contribution < 1.29 is 4.42 Å². The summed E-state index contributed by atoms with van der Waals surface area (Å²) in [6.45, 7) is 6.67. The summed E-state index contributed by atoms with van der Waals surface area (Å²) < 4.78 is 7.47. The highest BCUT2D eigenvalue weighted by atomic mass is 16.4. The molecule has 2 aliphatic heterocycles. The van der Waals surface area contributed by atoms with Gasteiger partial charge in [0, 0.05) is 38.7 Å². The first kappa shape index (κ1) is 36.8. The van der Waals surface area contributed by atoms with Crippen LogP contribution in [0.5, 0.6) is 0 Å². The van der Waals surface area contributed by atoms with Gasteiger partial charge in [-0.05, 0) is 120 Å². The summed E-state index contributed by atoms with van der Waals surface area (Å²) in [5.41, 5.74) is 16.3. The molecule has 0 radical (unpaired) electrons. The number of hydrogen-bond donors (Lipinski definition) is 0. The van der Waals surface area contributed by atoms with Gasteiger partial charge in [-0.2, -0.15) is 0 Å². The van der Waals surface area contributed by atoms with Gasteiger partial charge in [0.15, 0.2) is 0 Å². The summed E-state index contributed by atoms with van der Waals surface area (Å²) in [6.07, 6.45) is 0. The van der Waals surface area contributed by atoms with Crippen molar-refractivity contribution in [2.45, 2.75) is 26.2 Å². The van der Waals surface area contributed by atoms with Gasteiger partial charge in [0.2, 0.25) is 5.88 Å². The second-order valence-electron chi connectivity index (χ2n) is 18.5. The van der Waals surface area contributed by atoms with Gasteiger partial charge in [-0.1, -0.05) is 172 Å². The Kier molecular flexibility index (Phi) is 7.96. The molecule has 0 amide bonds. The van der Waals surface area contributed by atoms with Gasteiger partial charge in [-0.3, -0.25) is 4.90 Å². The Labute approximate surface area is 373 Å². The second-order valence-corrected chi connectivity index (χ2v) is 18.5. The van der Waals surface area contributed by atoms with Crippen LogP contribution in [0.4, 0.5) is 28.6 Å². The van der Waals surface area contributed by atoms with E-state index in [1.54, 1.807) is 0 Å². The zero-order valence-corrected chi connectivity index (χ0v) is 36.0. The molecule has 0 spiro atoms. The Morgan fingerprint density at radius 1 is 0.422 bits per heavy atom. The molecule has 13 rings (SSSR count). The Hall–Kier alpha value is -7.82. The van der Waals surface area contributed by atoms with E-state index in [1.807, 2.05) is 0 Å². The first-order valence-corrected chi connectivity index (χ1v) is 22.4. The minimum absolute atomic E-state index is 0.0542. The predicted molar refractivity (Wildman–Crippen MR) is 272 cm³/mol. The number of anilines is 5. The van der Waals surface area contributed by atoms with Gasteiger partial charge in [-0.25, -0.2) is 0 Å². The third-order valence-electron chi connectivity index (χ3n) is 13.7. The summed E-state index contributed by atoms with van der Waals surface area (Å²) in [4.78, 5) is 5.09. The molecule has 4 heteroatoms. The second kappa shape index (κ2) is 13.8. The minimum atomic E-state index is -0.228. The SMILES string of the molecule is CC(C)(C)c1ccc(N2c3oc4cc5ccccc5cc4c3B3c4c(cc5ccccc5c42)-c2cc4ccccc4cc2N3c2ccc(-c3ccccc3)cc2)c(-c2ccccc2)c1. The summed E-state index contributed by atoms with van der Waals surface area (Å²) in [7, 11) is 0. The lowest BCUT2D eigenvalue weighted by atomic mass is 9.43. The lowest BCUT2D eigenvalue weighted by molar-refractivity contribution is 0.590. The van der Waals surface area contributed by atoms with Crippen LogP contribution in [0.3, 0.4) is 0 Å². The van der Waals surface area contributed by atoms with Crippen molar-refractivity contribution in [3.63, 3.8) is 0 Å². The van der Waals surface area contributed by atoms with Crippen molar-refractivity contribution in [2.75, 3.05) is 9.71 Å². The van der Waals surface area contributed by atoms with Gasteiger partial charge in [0.25, 0.3) is 0 Å². The summed E-state index contributed by atoms with van der Waals surface area (Å²) >= 11 is 0. The van der Waals surface area contributed by atoms with Gasteiger partial charge in [0.05, 0.1) is 11.4 Å². The summed E-state index contributed by atoms with van der Waals surface area (Å²) in [5, 5.41) is 8.28. The van der Waals surface area contributed by atoms with E-state index in [0.717, 1.165) is 44.8 Å². The van der Waals surface area contributed by atoms with E-state index in [1.165, 1.54) is 77.0 Å². The summed E-state index contributed by atoms with van der Waals surface area (Å²) in [5.74, 6) is 0.848. The van der Waals surface area contributed by atoms with Crippen LogP contribution in [0.2, 0.25) is 0 Å². The van der Waals surface area contributed by atoms with Crippen molar-refractivity contribution in [3.05, 3.63) is 212 Å². The standard InChI is InChI=1S/C60H43BN2O/c1-60(2,3)46-28-31-53(49(37-46)40-18-8-5-9-19-40)62-58-48-25-15-14-24-45(48)34-51-50-32-41-20-10-12-22-43(41)35-54(50)63(47-29-26-39(27-30-47)38-16-6-4-7-17-38)61(56(51)58)57-52-33-42-21-11-13-23-44(42)36-55(52)64-59(57)62/h4-37H,1-3H3.